The smallest absolute Gasteiger partial charge is 0.407 e. The van der Waals surface area contributed by atoms with Crippen molar-refractivity contribution in [2.75, 3.05) is 26.2 Å². The van der Waals surface area contributed by atoms with Gasteiger partial charge in [-0.3, -0.25) is 4.90 Å². The van der Waals surface area contributed by atoms with Gasteiger partial charge in [0.05, 0.1) is 23.6 Å². The number of hydrogen-bond donors (Lipinski definition) is 2. The Bertz CT molecular complexity index is 1210. The molecule has 3 heterocycles. The zero-order chi connectivity index (χ0) is 27.2. The van der Waals surface area contributed by atoms with E-state index in [4.69, 9.17) is 9.47 Å². The van der Waals surface area contributed by atoms with Crippen LogP contribution in [0, 0.1) is 11.6 Å². The predicted octanol–water partition coefficient (Wildman–Crippen LogP) is 3.35. The number of nitrogens with zero attached hydrogens (tertiary/aromatic N) is 2. The molecule has 0 bridgehead atoms. The molecule has 5 rings (SSSR count). The van der Waals surface area contributed by atoms with Crippen molar-refractivity contribution in [2.24, 2.45) is 0 Å². The minimum absolute atomic E-state index is 0.0320. The summed E-state index contributed by atoms with van der Waals surface area (Å²) < 4.78 is 68.1. The maximum atomic E-state index is 14.7. The van der Waals surface area contributed by atoms with Crippen LogP contribution in [0.4, 0.5) is 13.6 Å². The highest BCUT2D eigenvalue weighted by Crippen LogP contribution is 2.37. The maximum absolute atomic E-state index is 14.7. The van der Waals surface area contributed by atoms with Gasteiger partial charge < -0.3 is 14.8 Å². The molecule has 0 radical (unpaired) electrons. The first-order valence-corrected chi connectivity index (χ1v) is 14.7. The van der Waals surface area contributed by atoms with E-state index in [9.17, 15) is 22.0 Å². The van der Waals surface area contributed by atoms with Crippen molar-refractivity contribution >= 4 is 16.1 Å². The number of amides is 1. The van der Waals surface area contributed by atoms with Gasteiger partial charge in [-0.15, -0.1) is 0 Å². The molecule has 210 valence electrons. The molecule has 1 saturated heterocycles. The van der Waals surface area contributed by atoms with Crippen molar-refractivity contribution in [1.82, 2.24) is 20.1 Å². The fourth-order valence-electron chi connectivity index (χ4n) is 5.86. The van der Waals surface area contributed by atoms with Gasteiger partial charge in [0.25, 0.3) is 10.0 Å². The fourth-order valence-corrected chi connectivity index (χ4v) is 7.83. The number of ether oxygens (including phenoxy) is 2. The van der Waals surface area contributed by atoms with E-state index in [2.05, 4.69) is 15.6 Å². The molecule has 9 nitrogen and oxygen atoms in total. The first-order chi connectivity index (χ1) is 17.9. The molecule has 1 amide bonds. The lowest BCUT2D eigenvalue weighted by Crippen LogP contribution is -2.53. The Kier molecular flexibility index (Phi) is 7.44. The summed E-state index contributed by atoms with van der Waals surface area (Å²) in [6.45, 7) is 6.89. The van der Waals surface area contributed by atoms with Gasteiger partial charge in [0.1, 0.15) is 23.3 Å². The number of carbonyl (C=O) groups is 1. The monoisotopic (exact) mass is 554 g/mol. The fraction of sp³-hybridized carbons (Fsp3) is 0.654. The normalized spacial score (nSPS) is 27.2. The molecule has 1 aromatic rings. The first kappa shape index (κ1) is 27.3. The molecule has 2 fully saturated rings. The number of sulfonamides is 1. The third-order valence-corrected chi connectivity index (χ3v) is 9.83. The van der Waals surface area contributed by atoms with Gasteiger partial charge in [-0.25, -0.2) is 31.8 Å². The summed E-state index contributed by atoms with van der Waals surface area (Å²) in [6.07, 6.45) is 2.02. The van der Waals surface area contributed by atoms with Crippen molar-refractivity contribution in [3.8, 4) is 0 Å². The van der Waals surface area contributed by atoms with Crippen molar-refractivity contribution in [1.29, 1.82) is 0 Å². The molecule has 0 aromatic heterocycles. The molecule has 12 heteroatoms. The molecule has 0 unspecified atom stereocenters. The summed E-state index contributed by atoms with van der Waals surface area (Å²) in [5.41, 5.74) is 4.13. The van der Waals surface area contributed by atoms with Crippen LogP contribution in [0.25, 0.3) is 0 Å². The SMILES string of the molecule is CC(C)(C)OC(=O)N[C@H]1C[C@@H](N2CC3=C(C2)N(S(=O)(=O)C2CCCC2)NC3)CO[C@@H]1c1cc(F)ccc1F. The molecular weight excluding hydrogens is 518 g/mol. The van der Waals surface area contributed by atoms with E-state index in [-0.39, 0.29) is 23.5 Å². The highest BCUT2D eigenvalue weighted by atomic mass is 32.2. The van der Waals surface area contributed by atoms with Crippen LogP contribution in [0.2, 0.25) is 0 Å². The molecule has 3 atom stereocenters. The number of halogens is 2. The Morgan fingerprint density at radius 3 is 2.63 bits per heavy atom. The Morgan fingerprint density at radius 1 is 1.18 bits per heavy atom. The molecule has 2 N–H and O–H groups in total. The summed E-state index contributed by atoms with van der Waals surface area (Å²) in [5.74, 6) is -1.22. The van der Waals surface area contributed by atoms with E-state index in [0.29, 0.717) is 38.9 Å². The number of hydrogen-bond acceptors (Lipinski definition) is 7. The number of benzene rings is 1. The average Bonchev–Trinajstić information content (AvgIpc) is 3.57. The molecule has 1 saturated carbocycles. The molecule has 4 aliphatic rings. The highest BCUT2D eigenvalue weighted by Gasteiger charge is 2.45. The van der Waals surface area contributed by atoms with Crippen molar-refractivity contribution in [3.63, 3.8) is 0 Å². The lowest BCUT2D eigenvalue weighted by Gasteiger charge is -2.41. The summed E-state index contributed by atoms with van der Waals surface area (Å²) in [7, 11) is -3.49. The van der Waals surface area contributed by atoms with Crippen LogP contribution in [0.3, 0.4) is 0 Å². The standard InChI is InChI=1S/C26H36F2N4O5S/c1-26(2,3)37-25(33)30-22-11-18(15-36-24(22)20-10-17(27)8-9-21(20)28)31-13-16-12-29-32(23(16)14-31)38(34,35)19-6-4-5-7-19/h8-10,18-19,22,24,29H,4-7,11-15H2,1-3H3,(H,30,33)/t18-,22+,24-/m1/s1. The lowest BCUT2D eigenvalue weighted by molar-refractivity contribution is -0.0574. The summed E-state index contributed by atoms with van der Waals surface area (Å²) in [6, 6.07) is 2.31. The molecule has 38 heavy (non-hydrogen) atoms. The van der Waals surface area contributed by atoms with Crippen LogP contribution in [0.15, 0.2) is 29.5 Å². The quantitative estimate of drug-likeness (QED) is 0.576. The van der Waals surface area contributed by atoms with E-state index < -0.39 is 45.5 Å². The van der Waals surface area contributed by atoms with Crippen LogP contribution in [0.1, 0.15) is 64.5 Å². The topological polar surface area (TPSA) is 100 Å². The Hall–Kier alpha value is -2.28. The minimum atomic E-state index is -3.49. The second-order valence-corrected chi connectivity index (χ2v) is 13.6. The van der Waals surface area contributed by atoms with Gasteiger partial charge >= 0.3 is 6.09 Å². The summed E-state index contributed by atoms with van der Waals surface area (Å²) in [4.78, 5) is 14.8. The van der Waals surface area contributed by atoms with Gasteiger partial charge in [0.15, 0.2) is 0 Å². The number of rotatable bonds is 5. The largest absolute Gasteiger partial charge is 0.444 e. The second-order valence-electron chi connectivity index (χ2n) is 11.6. The zero-order valence-corrected chi connectivity index (χ0v) is 22.8. The average molecular weight is 555 g/mol. The van der Waals surface area contributed by atoms with Crippen molar-refractivity contribution in [2.45, 2.75) is 81.9 Å². The van der Waals surface area contributed by atoms with Crippen LogP contribution in [-0.4, -0.2) is 73.0 Å². The van der Waals surface area contributed by atoms with E-state index >= 15 is 0 Å². The minimum Gasteiger partial charge on any atom is -0.444 e. The summed E-state index contributed by atoms with van der Waals surface area (Å²) >= 11 is 0. The first-order valence-electron chi connectivity index (χ1n) is 13.2. The molecule has 3 aliphatic heterocycles. The van der Waals surface area contributed by atoms with E-state index in [1.54, 1.807) is 20.8 Å². The summed E-state index contributed by atoms with van der Waals surface area (Å²) in [5, 5.41) is 2.45. The third kappa shape index (κ3) is 5.54. The van der Waals surface area contributed by atoms with E-state index in [1.165, 1.54) is 4.41 Å². The number of nitrogens with one attached hydrogen (secondary N) is 2. The van der Waals surface area contributed by atoms with Gasteiger partial charge in [0, 0.05) is 31.2 Å². The van der Waals surface area contributed by atoms with E-state index in [0.717, 1.165) is 42.3 Å². The predicted molar refractivity (Wildman–Crippen MR) is 136 cm³/mol. The number of alkyl carbamates (subject to hydrolysis) is 1. The molecule has 1 aliphatic carbocycles. The molecular formula is C26H36F2N4O5S. The van der Waals surface area contributed by atoms with E-state index in [1.807, 2.05) is 0 Å². The van der Waals surface area contributed by atoms with Crippen LogP contribution < -0.4 is 10.7 Å². The van der Waals surface area contributed by atoms with Crippen LogP contribution >= 0.6 is 0 Å². The Morgan fingerprint density at radius 2 is 1.92 bits per heavy atom. The van der Waals surface area contributed by atoms with Crippen LogP contribution in [-0.2, 0) is 19.5 Å². The van der Waals surface area contributed by atoms with Crippen molar-refractivity contribution in [3.05, 3.63) is 46.7 Å². The number of hydrazine groups is 1. The Labute approximate surface area is 222 Å². The Balaban J connectivity index is 1.32. The molecule has 0 spiro atoms. The van der Waals surface area contributed by atoms with Gasteiger partial charge in [0.2, 0.25) is 0 Å². The third-order valence-electron chi connectivity index (χ3n) is 7.66. The van der Waals surface area contributed by atoms with Gasteiger partial charge in [-0.05, 0) is 63.8 Å². The molecule has 1 aromatic carbocycles. The van der Waals surface area contributed by atoms with Gasteiger partial charge in [-0.2, -0.15) is 0 Å². The second kappa shape index (κ2) is 10.4. The maximum Gasteiger partial charge on any atom is 0.407 e. The number of carbonyl (C=O) groups excluding carboxylic acids is 1. The highest BCUT2D eigenvalue weighted by molar-refractivity contribution is 7.89. The van der Waals surface area contributed by atoms with Crippen molar-refractivity contribution < 1.29 is 31.5 Å². The van der Waals surface area contributed by atoms with Gasteiger partial charge in [-0.1, -0.05) is 12.8 Å². The van der Waals surface area contributed by atoms with Crippen LogP contribution in [0.5, 0.6) is 0 Å². The lowest BCUT2D eigenvalue weighted by atomic mass is 9.92. The zero-order valence-electron chi connectivity index (χ0n) is 22.0.